The molecule has 2 atom stereocenters. The summed E-state index contributed by atoms with van der Waals surface area (Å²) in [5.74, 6) is 1.57. The first-order valence-corrected chi connectivity index (χ1v) is 12.7. The van der Waals surface area contributed by atoms with Crippen molar-refractivity contribution in [2.24, 2.45) is 0 Å². The third-order valence-electron chi connectivity index (χ3n) is 7.01. The third kappa shape index (κ3) is 3.56. The van der Waals surface area contributed by atoms with E-state index in [2.05, 4.69) is 10.4 Å². The maximum atomic E-state index is 13.7. The summed E-state index contributed by atoms with van der Waals surface area (Å²) in [5.41, 5.74) is 3.75. The average molecular weight is 500 g/mol. The van der Waals surface area contributed by atoms with Gasteiger partial charge in [-0.15, -0.1) is 11.3 Å². The number of para-hydroxylation sites is 1. The molecule has 0 spiro atoms. The predicted octanol–water partition coefficient (Wildman–Crippen LogP) is 5.20. The Hall–Kier alpha value is -4.04. The molecule has 7 nitrogen and oxygen atoms in total. The number of Topliss-reactive ketones (excluding diaryl/α,β-unsaturated/α-hetero) is 1. The molecule has 0 saturated carbocycles. The fourth-order valence-electron chi connectivity index (χ4n) is 5.33. The van der Waals surface area contributed by atoms with Crippen molar-refractivity contribution in [3.63, 3.8) is 0 Å². The smallest absolute Gasteiger partial charge is 0.277 e. The second-order valence-electron chi connectivity index (χ2n) is 8.99. The summed E-state index contributed by atoms with van der Waals surface area (Å²) in [6.07, 6.45) is 1.01. The van der Waals surface area contributed by atoms with Crippen LogP contribution >= 0.6 is 11.3 Å². The topological polar surface area (TPSA) is 85.4 Å². The van der Waals surface area contributed by atoms with E-state index in [9.17, 15) is 9.59 Å². The van der Waals surface area contributed by atoms with Crippen molar-refractivity contribution in [2.75, 3.05) is 19.5 Å². The van der Waals surface area contributed by atoms with Gasteiger partial charge in [-0.2, -0.15) is 0 Å². The highest BCUT2D eigenvalue weighted by Crippen LogP contribution is 2.48. The van der Waals surface area contributed by atoms with Crippen molar-refractivity contribution in [3.8, 4) is 17.2 Å². The number of thiophene rings is 1. The van der Waals surface area contributed by atoms with Gasteiger partial charge >= 0.3 is 0 Å². The van der Waals surface area contributed by atoms with E-state index in [0.29, 0.717) is 41.3 Å². The minimum atomic E-state index is -0.399. The van der Waals surface area contributed by atoms with E-state index >= 15 is 0 Å². The summed E-state index contributed by atoms with van der Waals surface area (Å²) < 4.78 is 12.4. The van der Waals surface area contributed by atoms with Crippen molar-refractivity contribution in [1.82, 2.24) is 9.78 Å². The van der Waals surface area contributed by atoms with Crippen molar-refractivity contribution < 1.29 is 14.3 Å². The van der Waals surface area contributed by atoms with Crippen molar-refractivity contribution >= 4 is 22.9 Å². The number of rotatable bonds is 5. The molecule has 3 heterocycles. The minimum Gasteiger partial charge on any atom is -0.493 e. The molecular formula is C28H25N3O4S. The summed E-state index contributed by atoms with van der Waals surface area (Å²) in [4.78, 5) is 28.4. The predicted molar refractivity (Wildman–Crippen MR) is 140 cm³/mol. The van der Waals surface area contributed by atoms with Crippen LogP contribution in [0.25, 0.3) is 5.69 Å². The first kappa shape index (κ1) is 22.4. The van der Waals surface area contributed by atoms with Gasteiger partial charge in [0.05, 0.1) is 31.4 Å². The van der Waals surface area contributed by atoms with Crippen LogP contribution in [0.1, 0.15) is 40.7 Å². The van der Waals surface area contributed by atoms with Crippen LogP contribution in [0.2, 0.25) is 0 Å². The molecule has 1 aliphatic carbocycles. The van der Waals surface area contributed by atoms with E-state index in [1.807, 2.05) is 66.0 Å². The van der Waals surface area contributed by atoms with Gasteiger partial charge in [0.2, 0.25) is 0 Å². The maximum Gasteiger partial charge on any atom is 0.277 e. The molecule has 2 unspecified atom stereocenters. The van der Waals surface area contributed by atoms with E-state index < -0.39 is 5.92 Å². The number of ether oxygens (including phenoxy) is 2. The SMILES string of the molecule is COc1ccc(C2CC(=O)C3=C(C2)Nc2[nH]n(-c4ccccc4)c(=O)c2C3c2cccs2)cc1OC. The summed E-state index contributed by atoms with van der Waals surface area (Å²) in [5, 5.41) is 8.68. The number of nitrogens with zero attached hydrogens (tertiary/aromatic N) is 1. The molecule has 36 heavy (non-hydrogen) atoms. The fourth-order valence-corrected chi connectivity index (χ4v) is 6.18. The Bertz CT molecular complexity index is 1530. The van der Waals surface area contributed by atoms with Crippen LogP contribution in [0.4, 0.5) is 5.82 Å². The van der Waals surface area contributed by atoms with E-state index in [0.717, 1.165) is 21.8 Å². The third-order valence-corrected chi connectivity index (χ3v) is 7.95. The number of hydrogen-bond donors (Lipinski definition) is 2. The first-order valence-electron chi connectivity index (χ1n) is 11.8. The zero-order chi connectivity index (χ0) is 24.8. The van der Waals surface area contributed by atoms with Crippen LogP contribution in [0.15, 0.2) is 82.1 Å². The summed E-state index contributed by atoms with van der Waals surface area (Å²) in [6, 6.07) is 19.2. The molecule has 2 aliphatic rings. The minimum absolute atomic E-state index is 0.0166. The van der Waals surface area contributed by atoms with E-state index in [4.69, 9.17) is 9.47 Å². The monoisotopic (exact) mass is 499 g/mol. The number of carbonyl (C=O) groups is 1. The Kier molecular flexibility index (Phi) is 5.53. The molecule has 8 heteroatoms. The molecule has 2 aromatic heterocycles. The van der Waals surface area contributed by atoms with Gasteiger partial charge in [-0.3, -0.25) is 14.7 Å². The summed E-state index contributed by atoms with van der Waals surface area (Å²) in [7, 11) is 3.22. The quantitative estimate of drug-likeness (QED) is 0.394. The van der Waals surface area contributed by atoms with Crippen LogP contribution in [-0.4, -0.2) is 29.8 Å². The molecule has 6 rings (SSSR count). The lowest BCUT2D eigenvalue weighted by Gasteiger charge is -2.34. The number of ketones is 1. The Morgan fingerprint density at radius 3 is 2.47 bits per heavy atom. The molecule has 2 aromatic carbocycles. The second kappa shape index (κ2) is 8.87. The molecule has 4 aromatic rings. The Morgan fingerprint density at radius 1 is 0.944 bits per heavy atom. The highest BCUT2D eigenvalue weighted by Gasteiger charge is 2.41. The van der Waals surface area contributed by atoms with Crippen molar-refractivity contribution in [3.05, 3.63) is 104 Å². The molecule has 1 aliphatic heterocycles. The molecule has 0 fully saturated rings. The Balaban J connectivity index is 1.45. The lowest BCUT2D eigenvalue weighted by atomic mass is 9.74. The highest BCUT2D eigenvalue weighted by molar-refractivity contribution is 7.10. The van der Waals surface area contributed by atoms with Gasteiger partial charge in [-0.25, -0.2) is 4.68 Å². The van der Waals surface area contributed by atoms with E-state index in [1.54, 1.807) is 30.2 Å². The van der Waals surface area contributed by atoms with Crippen LogP contribution in [-0.2, 0) is 4.79 Å². The second-order valence-corrected chi connectivity index (χ2v) is 9.96. The fraction of sp³-hybridized carbons (Fsp3) is 0.214. The molecule has 0 radical (unpaired) electrons. The van der Waals surface area contributed by atoms with Gasteiger partial charge in [0.15, 0.2) is 17.3 Å². The highest BCUT2D eigenvalue weighted by atomic mass is 32.1. The molecule has 0 saturated heterocycles. The van der Waals surface area contributed by atoms with E-state index in [-0.39, 0.29) is 17.3 Å². The first-order chi connectivity index (χ1) is 17.6. The number of aromatic amines is 1. The summed E-state index contributed by atoms with van der Waals surface area (Å²) >= 11 is 1.56. The van der Waals surface area contributed by atoms with Gasteiger partial charge in [0, 0.05) is 22.6 Å². The lowest BCUT2D eigenvalue weighted by Crippen LogP contribution is -2.31. The molecule has 0 amide bonds. The van der Waals surface area contributed by atoms with Gasteiger partial charge in [0.25, 0.3) is 5.56 Å². The Morgan fingerprint density at radius 2 is 1.75 bits per heavy atom. The van der Waals surface area contributed by atoms with Crippen LogP contribution in [0.5, 0.6) is 11.5 Å². The normalized spacial score (nSPS) is 18.9. The molecule has 2 N–H and O–H groups in total. The molecular weight excluding hydrogens is 474 g/mol. The number of hydrogen-bond acceptors (Lipinski definition) is 6. The zero-order valence-corrected chi connectivity index (χ0v) is 20.7. The van der Waals surface area contributed by atoms with Gasteiger partial charge < -0.3 is 14.8 Å². The number of fused-ring (bicyclic) bond motifs is 1. The number of carbonyl (C=O) groups excluding carboxylic acids is 1. The largest absolute Gasteiger partial charge is 0.493 e. The number of H-pyrrole nitrogens is 1. The van der Waals surface area contributed by atoms with E-state index in [1.165, 1.54) is 0 Å². The van der Waals surface area contributed by atoms with Gasteiger partial charge in [-0.05, 0) is 53.6 Å². The number of nitrogens with one attached hydrogen (secondary N) is 2. The van der Waals surface area contributed by atoms with Gasteiger partial charge in [-0.1, -0.05) is 30.3 Å². The van der Waals surface area contributed by atoms with Crippen molar-refractivity contribution in [1.29, 1.82) is 0 Å². The molecule has 182 valence electrons. The maximum absolute atomic E-state index is 13.7. The average Bonchev–Trinajstić information content (AvgIpc) is 3.56. The summed E-state index contributed by atoms with van der Waals surface area (Å²) in [6.45, 7) is 0. The number of allylic oxidation sites excluding steroid dienone is 2. The lowest BCUT2D eigenvalue weighted by molar-refractivity contribution is -0.116. The Labute approximate surface area is 212 Å². The van der Waals surface area contributed by atoms with Crippen LogP contribution in [0.3, 0.4) is 0 Å². The number of anilines is 1. The van der Waals surface area contributed by atoms with Crippen LogP contribution < -0.4 is 20.3 Å². The standard InChI is InChI=1S/C28H25N3O4S/c1-34-21-11-10-16(15-22(21)35-2)17-13-19-24(20(32)14-17)25(23-9-6-12-36-23)26-27(29-19)30-31(28(26)33)18-7-4-3-5-8-18/h3-12,15,17,25,29-30H,13-14H2,1-2H3. The number of benzene rings is 2. The zero-order valence-electron chi connectivity index (χ0n) is 19.9. The van der Waals surface area contributed by atoms with Gasteiger partial charge in [0.1, 0.15) is 5.82 Å². The number of aromatic nitrogens is 2. The van der Waals surface area contributed by atoms with Crippen LogP contribution in [0, 0.1) is 0 Å². The number of methoxy groups -OCH3 is 2. The molecule has 0 bridgehead atoms. The van der Waals surface area contributed by atoms with Crippen molar-refractivity contribution in [2.45, 2.75) is 24.7 Å².